The predicted octanol–water partition coefficient (Wildman–Crippen LogP) is 2.14. The molecule has 1 amide bonds. The van der Waals surface area contributed by atoms with E-state index in [0.717, 1.165) is 17.1 Å². The predicted molar refractivity (Wildman–Crippen MR) is 85.1 cm³/mol. The van der Waals surface area contributed by atoms with Gasteiger partial charge in [0.15, 0.2) is 0 Å². The van der Waals surface area contributed by atoms with E-state index in [2.05, 4.69) is 15.3 Å². The van der Waals surface area contributed by atoms with Crippen molar-refractivity contribution in [2.24, 2.45) is 5.92 Å². The van der Waals surface area contributed by atoms with Crippen molar-refractivity contribution >= 4 is 17.2 Å². The van der Waals surface area contributed by atoms with Crippen molar-refractivity contribution < 1.29 is 9.53 Å². The Bertz CT molecular complexity index is 657. The van der Waals surface area contributed by atoms with Crippen LogP contribution in [0, 0.1) is 19.8 Å². The average molecular weight is 317 g/mol. The number of ether oxygens (including phenoxy) is 1. The zero-order chi connectivity index (χ0) is 15.5. The molecule has 0 radical (unpaired) electrons. The van der Waals surface area contributed by atoms with Crippen molar-refractivity contribution in [2.45, 2.75) is 26.3 Å². The van der Waals surface area contributed by atoms with Gasteiger partial charge in [-0.05, 0) is 38.0 Å². The Morgan fingerprint density at radius 1 is 1.36 bits per heavy atom. The van der Waals surface area contributed by atoms with E-state index in [4.69, 9.17) is 4.74 Å². The fourth-order valence-corrected chi connectivity index (χ4v) is 3.58. The number of nitrogens with zero attached hydrogens (tertiary/aromatic N) is 2. The molecule has 116 valence electrons. The molecule has 0 saturated carbocycles. The second-order valence-corrected chi connectivity index (χ2v) is 6.79. The third-order valence-electron chi connectivity index (χ3n) is 3.87. The van der Waals surface area contributed by atoms with Gasteiger partial charge in [0.2, 0.25) is 0 Å². The number of rotatable bonds is 4. The number of hydrogen-bond donors (Lipinski definition) is 1. The topological polar surface area (TPSA) is 64.1 Å². The number of amides is 1. The molecule has 0 spiro atoms. The van der Waals surface area contributed by atoms with E-state index in [9.17, 15) is 4.79 Å². The molecule has 6 heteroatoms. The van der Waals surface area contributed by atoms with Gasteiger partial charge in [0, 0.05) is 18.3 Å². The molecule has 1 aliphatic rings. The molecule has 0 bridgehead atoms. The van der Waals surface area contributed by atoms with Crippen molar-refractivity contribution in [3.63, 3.8) is 0 Å². The average Bonchev–Trinajstić information content (AvgIpc) is 3.06. The van der Waals surface area contributed by atoms with Crippen LogP contribution >= 0.6 is 11.3 Å². The summed E-state index contributed by atoms with van der Waals surface area (Å²) < 4.78 is 5.57. The minimum atomic E-state index is -0.0432. The van der Waals surface area contributed by atoms with Crippen LogP contribution in [-0.4, -0.2) is 35.1 Å². The normalized spacial score (nSPS) is 21.0. The minimum Gasteiger partial charge on any atom is -0.379 e. The largest absolute Gasteiger partial charge is 0.379 e. The van der Waals surface area contributed by atoms with Crippen LogP contribution in [0.15, 0.2) is 24.5 Å². The lowest BCUT2D eigenvalue weighted by Crippen LogP contribution is -2.40. The summed E-state index contributed by atoms with van der Waals surface area (Å²) in [6.45, 7) is 5.03. The smallest absolute Gasteiger partial charge is 0.263 e. The highest BCUT2D eigenvalue weighted by Gasteiger charge is 2.30. The van der Waals surface area contributed by atoms with Crippen LogP contribution in [0.3, 0.4) is 0 Å². The maximum atomic E-state index is 12.4. The summed E-state index contributed by atoms with van der Waals surface area (Å²) in [6, 6.07) is 4.06. The molecule has 1 saturated heterocycles. The van der Waals surface area contributed by atoms with Crippen LogP contribution in [-0.2, 0) is 11.2 Å². The zero-order valence-electron chi connectivity index (χ0n) is 12.7. The molecule has 2 aromatic heterocycles. The summed E-state index contributed by atoms with van der Waals surface area (Å²) in [5.74, 6) is 0.249. The minimum absolute atomic E-state index is 0.0432. The number of thiazole rings is 1. The van der Waals surface area contributed by atoms with Gasteiger partial charge in [-0.25, -0.2) is 4.98 Å². The first-order chi connectivity index (χ1) is 10.6. The van der Waals surface area contributed by atoms with Crippen LogP contribution in [0.5, 0.6) is 0 Å². The van der Waals surface area contributed by atoms with Gasteiger partial charge in [-0.2, -0.15) is 0 Å². The standard InChI is InChI=1S/C16H19N3O2S/c1-10-15(22-11(2)18-10)16(20)19-14-9-21-8-13(14)7-12-3-5-17-6-4-12/h3-6,13-14H,7-9H2,1-2H3,(H,19,20)/t13-,14+/m1/s1. The highest BCUT2D eigenvalue weighted by molar-refractivity contribution is 7.13. The molecule has 5 nitrogen and oxygen atoms in total. The molecule has 3 heterocycles. The Morgan fingerprint density at radius 3 is 2.82 bits per heavy atom. The van der Waals surface area contributed by atoms with Crippen molar-refractivity contribution in [1.29, 1.82) is 0 Å². The first kappa shape index (κ1) is 15.1. The summed E-state index contributed by atoms with van der Waals surface area (Å²) in [4.78, 5) is 21.5. The van der Waals surface area contributed by atoms with Crippen LogP contribution in [0.4, 0.5) is 0 Å². The monoisotopic (exact) mass is 317 g/mol. The van der Waals surface area contributed by atoms with Crippen LogP contribution in [0.1, 0.15) is 25.9 Å². The number of pyridine rings is 1. The molecule has 0 aromatic carbocycles. The Morgan fingerprint density at radius 2 is 2.14 bits per heavy atom. The molecule has 0 aliphatic carbocycles. The molecule has 22 heavy (non-hydrogen) atoms. The number of aryl methyl sites for hydroxylation is 2. The molecular formula is C16H19N3O2S. The van der Waals surface area contributed by atoms with Crippen molar-refractivity contribution in [1.82, 2.24) is 15.3 Å². The van der Waals surface area contributed by atoms with Crippen molar-refractivity contribution in [3.8, 4) is 0 Å². The van der Waals surface area contributed by atoms with Gasteiger partial charge in [-0.1, -0.05) is 0 Å². The third kappa shape index (κ3) is 3.34. The van der Waals surface area contributed by atoms with Gasteiger partial charge >= 0.3 is 0 Å². The molecule has 1 fully saturated rings. The second-order valence-electron chi connectivity index (χ2n) is 5.58. The highest BCUT2D eigenvalue weighted by atomic mass is 32.1. The summed E-state index contributed by atoms with van der Waals surface area (Å²) >= 11 is 1.44. The molecule has 0 unspecified atom stereocenters. The Balaban J connectivity index is 1.66. The van der Waals surface area contributed by atoms with Crippen LogP contribution in [0.2, 0.25) is 0 Å². The number of carbonyl (C=O) groups is 1. The van der Waals surface area contributed by atoms with Gasteiger partial charge in [-0.15, -0.1) is 11.3 Å². The summed E-state index contributed by atoms with van der Waals surface area (Å²) in [5, 5.41) is 4.03. The second kappa shape index (κ2) is 6.54. The van der Waals surface area contributed by atoms with E-state index in [0.29, 0.717) is 24.0 Å². The Kier molecular flexibility index (Phi) is 4.49. The van der Waals surface area contributed by atoms with E-state index in [1.165, 1.54) is 16.9 Å². The first-order valence-corrected chi connectivity index (χ1v) is 8.16. The molecular weight excluding hydrogens is 298 g/mol. The maximum Gasteiger partial charge on any atom is 0.263 e. The molecule has 1 N–H and O–H groups in total. The molecule has 2 aromatic rings. The number of hydrogen-bond acceptors (Lipinski definition) is 5. The summed E-state index contributed by atoms with van der Waals surface area (Å²) in [5.41, 5.74) is 2.01. The fraction of sp³-hybridized carbons (Fsp3) is 0.438. The van der Waals surface area contributed by atoms with Gasteiger partial charge in [0.25, 0.3) is 5.91 Å². The highest BCUT2D eigenvalue weighted by Crippen LogP contribution is 2.21. The van der Waals surface area contributed by atoms with E-state index in [-0.39, 0.29) is 11.9 Å². The van der Waals surface area contributed by atoms with Crippen molar-refractivity contribution in [3.05, 3.63) is 45.7 Å². The Hall–Kier alpha value is -1.79. The van der Waals surface area contributed by atoms with Gasteiger partial charge < -0.3 is 10.1 Å². The van der Waals surface area contributed by atoms with E-state index in [1.54, 1.807) is 12.4 Å². The zero-order valence-corrected chi connectivity index (χ0v) is 13.5. The number of nitrogens with one attached hydrogen (secondary N) is 1. The lowest BCUT2D eigenvalue weighted by molar-refractivity contribution is 0.0928. The van der Waals surface area contributed by atoms with Crippen LogP contribution < -0.4 is 5.32 Å². The lowest BCUT2D eigenvalue weighted by Gasteiger charge is -2.18. The van der Waals surface area contributed by atoms with E-state index < -0.39 is 0 Å². The lowest BCUT2D eigenvalue weighted by atomic mass is 9.95. The third-order valence-corrected chi connectivity index (χ3v) is 4.94. The molecule has 3 rings (SSSR count). The summed E-state index contributed by atoms with van der Waals surface area (Å²) in [7, 11) is 0. The maximum absolute atomic E-state index is 12.4. The number of aromatic nitrogens is 2. The van der Waals surface area contributed by atoms with Crippen LogP contribution in [0.25, 0.3) is 0 Å². The molecule has 2 atom stereocenters. The fourth-order valence-electron chi connectivity index (χ4n) is 2.76. The van der Waals surface area contributed by atoms with Crippen molar-refractivity contribution in [2.75, 3.05) is 13.2 Å². The van der Waals surface area contributed by atoms with Gasteiger partial charge in [0.05, 0.1) is 30.0 Å². The van der Waals surface area contributed by atoms with Gasteiger partial charge in [0.1, 0.15) is 4.88 Å². The molecule has 1 aliphatic heterocycles. The first-order valence-electron chi connectivity index (χ1n) is 7.35. The number of carbonyl (C=O) groups excluding carboxylic acids is 1. The Labute approximate surface area is 133 Å². The van der Waals surface area contributed by atoms with Gasteiger partial charge in [-0.3, -0.25) is 9.78 Å². The summed E-state index contributed by atoms with van der Waals surface area (Å²) in [6.07, 6.45) is 4.47. The SMILES string of the molecule is Cc1nc(C)c(C(=O)N[C@H]2COC[C@H]2Cc2ccncc2)s1. The quantitative estimate of drug-likeness (QED) is 0.938. The van der Waals surface area contributed by atoms with E-state index >= 15 is 0 Å². The van der Waals surface area contributed by atoms with E-state index in [1.807, 2.05) is 26.0 Å².